The zero-order chi connectivity index (χ0) is 16.2. The molecule has 22 heavy (non-hydrogen) atoms. The SMILES string of the molecule is C#CC[C@H]([C@H](O)c1ccccc1)S(=O)(=O)c1ccc(C)cc1. The quantitative estimate of drug-likeness (QED) is 0.863. The normalized spacial score (nSPS) is 14.0. The molecule has 0 heterocycles. The Morgan fingerprint density at radius 1 is 1.09 bits per heavy atom. The predicted octanol–water partition coefficient (Wildman–Crippen LogP) is 2.89. The van der Waals surface area contributed by atoms with E-state index in [1.165, 1.54) is 0 Å². The van der Waals surface area contributed by atoms with Crippen molar-refractivity contribution in [3.63, 3.8) is 0 Å². The molecule has 0 aromatic heterocycles. The molecule has 2 aromatic carbocycles. The first-order valence-electron chi connectivity index (χ1n) is 6.94. The minimum Gasteiger partial charge on any atom is -0.387 e. The third-order valence-corrected chi connectivity index (χ3v) is 5.71. The lowest BCUT2D eigenvalue weighted by atomic mass is 10.0. The third-order valence-electron chi connectivity index (χ3n) is 3.56. The van der Waals surface area contributed by atoms with E-state index in [0.717, 1.165) is 5.56 Å². The Morgan fingerprint density at radius 3 is 2.23 bits per heavy atom. The summed E-state index contributed by atoms with van der Waals surface area (Å²) in [5, 5.41) is 9.42. The van der Waals surface area contributed by atoms with Crippen molar-refractivity contribution in [1.82, 2.24) is 0 Å². The molecular formula is C18H18O3S. The van der Waals surface area contributed by atoms with Crippen LogP contribution in [0.2, 0.25) is 0 Å². The highest BCUT2D eigenvalue weighted by Crippen LogP contribution is 2.29. The van der Waals surface area contributed by atoms with Crippen molar-refractivity contribution in [3.8, 4) is 12.3 Å². The van der Waals surface area contributed by atoms with Gasteiger partial charge in [-0.3, -0.25) is 0 Å². The molecular weight excluding hydrogens is 296 g/mol. The lowest BCUT2D eigenvalue weighted by molar-refractivity contribution is 0.172. The van der Waals surface area contributed by atoms with E-state index in [1.54, 1.807) is 54.6 Å². The van der Waals surface area contributed by atoms with Gasteiger partial charge < -0.3 is 5.11 Å². The molecule has 0 aliphatic rings. The number of aliphatic hydroxyl groups excluding tert-OH is 1. The van der Waals surface area contributed by atoms with Gasteiger partial charge >= 0.3 is 0 Å². The highest BCUT2D eigenvalue weighted by Gasteiger charge is 2.34. The van der Waals surface area contributed by atoms with Crippen molar-refractivity contribution < 1.29 is 13.5 Å². The molecule has 2 aromatic rings. The van der Waals surface area contributed by atoms with Crippen LogP contribution < -0.4 is 0 Å². The average molecular weight is 314 g/mol. The minimum absolute atomic E-state index is 0.0493. The summed E-state index contributed by atoms with van der Waals surface area (Å²) in [6.45, 7) is 1.88. The standard InChI is InChI=1S/C18H18O3S/c1-3-7-17(18(19)15-8-5-4-6-9-15)22(20,21)16-12-10-14(2)11-13-16/h1,4-6,8-13,17-19H,7H2,2H3/t17-,18-/m1/s1. The van der Waals surface area contributed by atoms with Gasteiger partial charge in [0.25, 0.3) is 0 Å². The van der Waals surface area contributed by atoms with Crippen molar-refractivity contribution in [2.75, 3.05) is 0 Å². The van der Waals surface area contributed by atoms with E-state index in [-0.39, 0.29) is 11.3 Å². The summed E-state index contributed by atoms with van der Waals surface area (Å²) in [4.78, 5) is 0.174. The molecule has 0 spiro atoms. The second kappa shape index (κ2) is 6.78. The molecule has 2 atom stereocenters. The van der Waals surface area contributed by atoms with Crippen LogP contribution in [0.5, 0.6) is 0 Å². The number of rotatable bonds is 5. The molecule has 0 bridgehead atoms. The molecule has 0 saturated carbocycles. The van der Waals surface area contributed by atoms with Crippen LogP contribution in [0, 0.1) is 19.3 Å². The number of terminal acetylenes is 1. The van der Waals surface area contributed by atoms with E-state index in [1.807, 2.05) is 6.92 Å². The molecule has 3 nitrogen and oxygen atoms in total. The molecule has 0 amide bonds. The number of hydrogen-bond donors (Lipinski definition) is 1. The van der Waals surface area contributed by atoms with Gasteiger partial charge in [-0.25, -0.2) is 8.42 Å². The largest absolute Gasteiger partial charge is 0.387 e. The molecule has 0 saturated heterocycles. The average Bonchev–Trinajstić information content (AvgIpc) is 2.53. The summed E-state index contributed by atoms with van der Waals surface area (Å²) >= 11 is 0. The molecule has 0 radical (unpaired) electrons. The highest BCUT2D eigenvalue weighted by molar-refractivity contribution is 7.92. The fraction of sp³-hybridized carbons (Fsp3) is 0.222. The van der Waals surface area contributed by atoms with Gasteiger partial charge in [-0.15, -0.1) is 12.3 Å². The molecule has 114 valence electrons. The van der Waals surface area contributed by atoms with Gasteiger partial charge in [0.05, 0.1) is 11.0 Å². The second-order valence-corrected chi connectivity index (χ2v) is 7.33. The Morgan fingerprint density at radius 2 is 1.68 bits per heavy atom. The number of benzene rings is 2. The van der Waals surface area contributed by atoms with Gasteiger partial charge in [0.15, 0.2) is 9.84 Å². The monoisotopic (exact) mass is 314 g/mol. The Bertz CT molecular complexity index is 756. The van der Waals surface area contributed by atoms with Crippen molar-refractivity contribution in [3.05, 3.63) is 65.7 Å². The van der Waals surface area contributed by atoms with Crippen LogP contribution in [0.4, 0.5) is 0 Å². The topological polar surface area (TPSA) is 54.4 Å². The maximum Gasteiger partial charge on any atom is 0.185 e. The van der Waals surface area contributed by atoms with Crippen LogP contribution in [0.1, 0.15) is 23.7 Å². The maximum absolute atomic E-state index is 12.8. The molecule has 4 heteroatoms. The van der Waals surface area contributed by atoms with Gasteiger partial charge in [-0.2, -0.15) is 0 Å². The Kier molecular flexibility index (Phi) is 5.02. The number of aryl methyl sites for hydroxylation is 1. The summed E-state index contributed by atoms with van der Waals surface area (Å²) in [7, 11) is -3.72. The zero-order valence-electron chi connectivity index (χ0n) is 12.3. The molecule has 0 aliphatic carbocycles. The first-order valence-corrected chi connectivity index (χ1v) is 8.48. The Hall–Kier alpha value is -2.09. The molecule has 0 aliphatic heterocycles. The predicted molar refractivity (Wildman–Crippen MR) is 87.0 cm³/mol. The summed E-state index contributed by atoms with van der Waals surface area (Å²) in [6.07, 6.45) is 4.11. The van der Waals surface area contributed by atoms with Gasteiger partial charge in [-0.05, 0) is 24.6 Å². The van der Waals surface area contributed by atoms with Crippen molar-refractivity contribution in [2.45, 2.75) is 29.6 Å². The minimum atomic E-state index is -3.72. The van der Waals surface area contributed by atoms with Crippen LogP contribution in [-0.4, -0.2) is 18.8 Å². The summed E-state index contributed by atoms with van der Waals surface area (Å²) in [5.41, 5.74) is 1.51. The van der Waals surface area contributed by atoms with Gasteiger partial charge in [0.1, 0.15) is 5.25 Å². The van der Waals surface area contributed by atoms with E-state index in [9.17, 15) is 13.5 Å². The maximum atomic E-state index is 12.8. The number of aliphatic hydroxyl groups is 1. The van der Waals surface area contributed by atoms with Gasteiger partial charge in [0.2, 0.25) is 0 Å². The van der Waals surface area contributed by atoms with E-state index in [2.05, 4.69) is 5.92 Å². The van der Waals surface area contributed by atoms with Crippen LogP contribution >= 0.6 is 0 Å². The van der Waals surface area contributed by atoms with Crippen LogP contribution in [0.25, 0.3) is 0 Å². The number of hydrogen-bond acceptors (Lipinski definition) is 3. The lowest BCUT2D eigenvalue weighted by Crippen LogP contribution is -2.28. The fourth-order valence-electron chi connectivity index (χ4n) is 2.27. The van der Waals surface area contributed by atoms with Crippen LogP contribution in [0.15, 0.2) is 59.5 Å². The molecule has 2 rings (SSSR count). The number of sulfone groups is 1. The molecule has 0 fully saturated rings. The van der Waals surface area contributed by atoms with E-state index in [4.69, 9.17) is 6.42 Å². The summed E-state index contributed by atoms with van der Waals surface area (Å²) in [5.74, 6) is 2.37. The summed E-state index contributed by atoms with van der Waals surface area (Å²) < 4.78 is 25.6. The van der Waals surface area contributed by atoms with E-state index < -0.39 is 21.2 Å². The van der Waals surface area contributed by atoms with E-state index >= 15 is 0 Å². The van der Waals surface area contributed by atoms with Crippen molar-refractivity contribution >= 4 is 9.84 Å². The first-order chi connectivity index (χ1) is 10.5. The zero-order valence-corrected chi connectivity index (χ0v) is 13.1. The van der Waals surface area contributed by atoms with Gasteiger partial charge in [-0.1, -0.05) is 48.0 Å². The van der Waals surface area contributed by atoms with Crippen LogP contribution in [-0.2, 0) is 9.84 Å². The smallest absolute Gasteiger partial charge is 0.185 e. The van der Waals surface area contributed by atoms with Gasteiger partial charge in [0, 0.05) is 6.42 Å². The Labute approximate surface area is 131 Å². The molecule has 1 N–H and O–H groups in total. The fourth-order valence-corrected chi connectivity index (χ4v) is 3.95. The third kappa shape index (κ3) is 3.38. The van der Waals surface area contributed by atoms with Crippen molar-refractivity contribution in [2.24, 2.45) is 0 Å². The van der Waals surface area contributed by atoms with Crippen molar-refractivity contribution in [1.29, 1.82) is 0 Å². The first kappa shape index (κ1) is 16.3. The summed E-state index contributed by atoms with van der Waals surface area (Å²) in [6, 6.07) is 15.3. The van der Waals surface area contributed by atoms with Crippen LogP contribution in [0.3, 0.4) is 0 Å². The molecule has 0 unspecified atom stereocenters. The van der Waals surface area contributed by atoms with E-state index in [0.29, 0.717) is 5.56 Å². The lowest BCUT2D eigenvalue weighted by Gasteiger charge is -2.22. The Balaban J connectivity index is 2.43. The second-order valence-electron chi connectivity index (χ2n) is 5.16. The highest BCUT2D eigenvalue weighted by atomic mass is 32.2.